The van der Waals surface area contributed by atoms with E-state index in [0.29, 0.717) is 64.2 Å². The molecule has 0 aromatic heterocycles. The lowest BCUT2D eigenvalue weighted by Gasteiger charge is -2.71. The third kappa shape index (κ3) is 14.5. The van der Waals surface area contributed by atoms with Gasteiger partial charge in [-0.25, -0.2) is 0 Å². The van der Waals surface area contributed by atoms with Crippen molar-refractivity contribution < 1.29 is 173 Å². The highest BCUT2D eigenvalue weighted by Gasteiger charge is 2.71. The Morgan fingerprint density at radius 1 is 0.457 bits per heavy atom. The monoisotopic (exact) mass is 1510 g/mol. The third-order valence-electron chi connectivity index (χ3n) is 27.0. The summed E-state index contributed by atoms with van der Waals surface area (Å²) in [6.07, 6.45) is -48.2. The second-order valence-electron chi connectivity index (χ2n) is 33.7. The molecule has 35 nitrogen and oxygen atoms in total. The van der Waals surface area contributed by atoms with E-state index in [4.69, 9.17) is 66.3 Å². The van der Waals surface area contributed by atoms with Crippen LogP contribution in [0.4, 0.5) is 0 Å². The predicted octanol–water partition coefficient (Wildman–Crippen LogP) is -6.26. The Morgan fingerprint density at radius 3 is 1.66 bits per heavy atom. The standard InChI is InChI=1S/C70H114O35/c1-26-38(76)43(81)47(85)59(95-26)102-54-33(21-72)98-57(50(88)46(54)84)94-24-34-42(80)45(83)49(87)61(99-34)105-64(91)70-17-15-65(3,4)19-29(70)28-9-10-36-66(5)13-12-37(67(6,25-73)35(66)11-14-69(36,8)68(28,7)16-18-70)100-63-56(40(78)30(74)22-93-63)104-62-52(90)55(39(77)27(2)96-62)103-58-51(89)53(31(75)23-92-58)101-60-48(86)44(82)41(79)32(20-71)97-60/h9,26-27,29-63,71-90H,10-25H2,1-8H3. The summed E-state index contributed by atoms with van der Waals surface area (Å²) in [7, 11) is 0. The lowest BCUT2D eigenvalue weighted by molar-refractivity contribution is -0.385. The maximum absolute atomic E-state index is 15.4. The summed E-state index contributed by atoms with van der Waals surface area (Å²) in [6.45, 7) is 12.4. The molecule has 604 valence electrons. The Hall–Kier alpha value is -2.11. The summed E-state index contributed by atoms with van der Waals surface area (Å²) in [5.41, 5.74) is -2.47. The van der Waals surface area contributed by atoms with Crippen molar-refractivity contribution in [3.8, 4) is 0 Å². The summed E-state index contributed by atoms with van der Waals surface area (Å²) in [5.74, 6) is -1.14. The molecule has 20 N–H and O–H groups in total. The van der Waals surface area contributed by atoms with Gasteiger partial charge in [0, 0.05) is 5.41 Å². The fourth-order valence-corrected chi connectivity index (χ4v) is 20.2. The van der Waals surface area contributed by atoms with Gasteiger partial charge in [0.2, 0.25) is 6.29 Å². The first kappa shape index (κ1) is 82.4. The van der Waals surface area contributed by atoms with Gasteiger partial charge in [0.15, 0.2) is 37.7 Å². The van der Waals surface area contributed by atoms with Crippen molar-refractivity contribution in [2.75, 3.05) is 39.6 Å². The number of allylic oxidation sites excluding steroid dienone is 2. The topological polar surface area (TPSA) is 551 Å². The number of carbonyl (C=O) groups is 1. The highest BCUT2D eigenvalue weighted by molar-refractivity contribution is 5.79. The van der Waals surface area contributed by atoms with Crippen LogP contribution in [0.3, 0.4) is 0 Å². The number of aliphatic hydroxyl groups excluding tert-OH is 20. The van der Waals surface area contributed by atoms with E-state index in [-0.39, 0.29) is 35.2 Å². The lowest BCUT2D eigenvalue weighted by atomic mass is 9.33. The van der Waals surface area contributed by atoms with E-state index in [1.54, 1.807) is 0 Å². The van der Waals surface area contributed by atoms with Gasteiger partial charge in [-0.1, -0.05) is 53.2 Å². The molecule has 105 heavy (non-hydrogen) atoms. The van der Waals surface area contributed by atoms with E-state index < -0.39 is 270 Å². The molecule has 7 heterocycles. The fraction of sp³-hybridized carbons (Fsp3) is 0.957. The summed E-state index contributed by atoms with van der Waals surface area (Å²) in [6, 6.07) is 0. The fourth-order valence-electron chi connectivity index (χ4n) is 20.2. The van der Waals surface area contributed by atoms with Gasteiger partial charge in [-0.15, -0.1) is 0 Å². The molecule has 7 aliphatic heterocycles. The maximum Gasteiger partial charge on any atom is 0.315 e. The van der Waals surface area contributed by atoms with Crippen LogP contribution in [0.15, 0.2) is 11.6 Å². The van der Waals surface area contributed by atoms with Crippen LogP contribution in [-0.2, 0) is 71.1 Å². The quantitative estimate of drug-likeness (QED) is 0.0345. The smallest absolute Gasteiger partial charge is 0.315 e. The normalized spacial score (nSPS) is 55.2. The molecule has 0 spiro atoms. The highest BCUT2D eigenvalue weighted by atomic mass is 16.8. The molecule has 0 amide bonds. The highest BCUT2D eigenvalue weighted by Crippen LogP contribution is 2.76. The molecule has 5 aliphatic carbocycles. The molecule has 4 saturated carbocycles. The number of fused-ring (bicyclic) bond motifs is 7. The number of rotatable bonds is 18. The lowest BCUT2D eigenvalue weighted by Crippen LogP contribution is -2.67. The molecule has 0 aromatic carbocycles. The molecule has 42 atom stereocenters. The Bertz CT molecular complexity index is 2970. The van der Waals surface area contributed by atoms with Gasteiger partial charge >= 0.3 is 5.97 Å². The largest absolute Gasteiger partial charge is 0.432 e. The molecule has 35 heteroatoms. The second kappa shape index (κ2) is 31.3. The zero-order valence-electron chi connectivity index (χ0n) is 60.3. The summed E-state index contributed by atoms with van der Waals surface area (Å²) >= 11 is 0. The minimum Gasteiger partial charge on any atom is -0.432 e. The van der Waals surface area contributed by atoms with E-state index >= 15 is 4.79 Å². The molecule has 0 aromatic rings. The molecular weight excluding hydrogens is 1400 g/mol. The van der Waals surface area contributed by atoms with Gasteiger partial charge in [0.25, 0.3) is 0 Å². The number of aliphatic hydroxyl groups is 20. The van der Waals surface area contributed by atoms with Crippen LogP contribution in [0, 0.1) is 50.2 Å². The van der Waals surface area contributed by atoms with E-state index in [1.165, 1.54) is 13.8 Å². The average Bonchev–Trinajstić information content (AvgIpc) is 0.674. The zero-order valence-corrected chi connectivity index (χ0v) is 60.3. The average molecular weight is 1520 g/mol. The number of esters is 1. The van der Waals surface area contributed by atoms with Crippen molar-refractivity contribution in [3.05, 3.63) is 11.6 Å². The first-order valence-corrected chi connectivity index (χ1v) is 37.1. The van der Waals surface area contributed by atoms with E-state index in [1.807, 2.05) is 6.92 Å². The van der Waals surface area contributed by atoms with Gasteiger partial charge in [-0.3, -0.25) is 4.79 Å². The van der Waals surface area contributed by atoms with Gasteiger partial charge in [0.05, 0.1) is 63.4 Å². The Morgan fingerprint density at radius 2 is 0.990 bits per heavy atom. The molecule has 11 fully saturated rings. The van der Waals surface area contributed by atoms with Gasteiger partial charge < -0.3 is 168 Å². The van der Waals surface area contributed by atoms with Crippen molar-refractivity contribution in [1.29, 1.82) is 0 Å². The molecule has 7 saturated heterocycles. The first-order valence-electron chi connectivity index (χ1n) is 37.1. The van der Waals surface area contributed by atoms with Crippen molar-refractivity contribution in [2.24, 2.45) is 50.2 Å². The van der Waals surface area contributed by atoms with Crippen LogP contribution in [0.25, 0.3) is 0 Å². The predicted molar refractivity (Wildman–Crippen MR) is 347 cm³/mol. The van der Waals surface area contributed by atoms with Crippen molar-refractivity contribution in [2.45, 2.75) is 328 Å². The van der Waals surface area contributed by atoms with Crippen molar-refractivity contribution >= 4 is 5.97 Å². The third-order valence-corrected chi connectivity index (χ3v) is 27.0. The van der Waals surface area contributed by atoms with Crippen LogP contribution < -0.4 is 0 Å². The summed E-state index contributed by atoms with van der Waals surface area (Å²) in [5, 5.41) is 219. The SMILES string of the molecule is CC1OC(OC2C(CO)OC(OCC3OC(OC(=O)C45CCC(C)(C)CC4C4=CCC6C7(C)CCC(OC8OCC(O)C(O)C8OC8OC(C)C(O)C(OC9OCC(O)C(OC%10OC(CO)C(O)C(O)C%10O)C9O)C8O)C(C)(CO)C7CCC6(C)C4(C)CC5)C(O)C(O)C3O)C(O)C2O)C(O)C(O)C1O. The van der Waals surface area contributed by atoms with Gasteiger partial charge in [-0.2, -0.15) is 0 Å². The van der Waals surface area contributed by atoms with Crippen LogP contribution in [0.2, 0.25) is 0 Å². The number of hydrogen-bond acceptors (Lipinski definition) is 35. The summed E-state index contributed by atoms with van der Waals surface area (Å²) < 4.78 is 83.0. The maximum atomic E-state index is 15.4. The second-order valence-corrected chi connectivity index (χ2v) is 33.7. The number of carbonyl (C=O) groups excluding carboxylic acids is 1. The Labute approximate surface area is 607 Å². The van der Waals surface area contributed by atoms with Crippen molar-refractivity contribution in [1.82, 2.24) is 0 Å². The van der Waals surface area contributed by atoms with Gasteiger partial charge in [0.1, 0.15) is 146 Å². The minimum atomic E-state index is -1.94. The van der Waals surface area contributed by atoms with Crippen LogP contribution in [0.5, 0.6) is 0 Å². The van der Waals surface area contributed by atoms with Crippen LogP contribution in [0.1, 0.15) is 120 Å². The molecule has 12 rings (SSSR count). The molecule has 0 bridgehead atoms. The van der Waals surface area contributed by atoms with Crippen molar-refractivity contribution in [3.63, 3.8) is 0 Å². The zero-order chi connectivity index (χ0) is 76.4. The molecule has 12 aliphatic rings. The molecule has 42 unspecified atom stereocenters. The van der Waals surface area contributed by atoms with E-state index in [2.05, 4.69) is 40.7 Å². The number of ether oxygens (including phenoxy) is 14. The molecule has 0 radical (unpaired) electrons. The Balaban J connectivity index is 0.711. The van der Waals surface area contributed by atoms with E-state index in [9.17, 15) is 102 Å². The van der Waals surface area contributed by atoms with E-state index in [0.717, 1.165) is 5.57 Å². The number of hydrogen-bond donors (Lipinski definition) is 20. The summed E-state index contributed by atoms with van der Waals surface area (Å²) in [4.78, 5) is 15.4. The first-order chi connectivity index (χ1) is 49.3. The van der Waals surface area contributed by atoms with Crippen LogP contribution >= 0.6 is 0 Å². The van der Waals surface area contributed by atoms with Crippen LogP contribution in [-0.4, -0.2) is 357 Å². The minimum absolute atomic E-state index is 0.0355. The Kier molecular flexibility index (Phi) is 24.6. The molecular formula is C70H114O35. The van der Waals surface area contributed by atoms with Gasteiger partial charge in [-0.05, 0) is 117 Å².